The molecule has 0 radical (unpaired) electrons. The molecule has 2 unspecified atom stereocenters. The van der Waals surface area contributed by atoms with E-state index < -0.39 is 0 Å². The Labute approximate surface area is 99.6 Å². The summed E-state index contributed by atoms with van der Waals surface area (Å²) in [6.07, 6.45) is 2.26. The Kier molecular flexibility index (Phi) is 6.28. The standard InChI is InChI=1S/C12H27N3O/c1-4-12-9-15(8-7-14(12)3)6-5-11(10-16)13-2/h11-13,16H,4-10H2,1-3H3. The van der Waals surface area contributed by atoms with Crippen molar-refractivity contribution >= 4 is 0 Å². The number of rotatable bonds is 6. The van der Waals surface area contributed by atoms with E-state index >= 15 is 0 Å². The first-order valence-electron chi connectivity index (χ1n) is 6.42. The van der Waals surface area contributed by atoms with E-state index in [4.69, 9.17) is 5.11 Å². The Balaban J connectivity index is 2.27. The number of likely N-dealkylation sites (N-methyl/N-ethyl adjacent to an activating group) is 2. The normalized spacial score (nSPS) is 25.9. The minimum absolute atomic E-state index is 0.238. The molecule has 0 spiro atoms. The quantitative estimate of drug-likeness (QED) is 0.671. The summed E-state index contributed by atoms with van der Waals surface area (Å²) in [5, 5.41) is 12.2. The number of nitrogens with one attached hydrogen (secondary N) is 1. The second-order valence-corrected chi connectivity index (χ2v) is 4.80. The zero-order chi connectivity index (χ0) is 12.0. The zero-order valence-electron chi connectivity index (χ0n) is 10.9. The predicted octanol–water partition coefficient (Wildman–Crippen LogP) is -0.0172. The molecule has 1 rings (SSSR count). The highest BCUT2D eigenvalue weighted by Gasteiger charge is 2.22. The van der Waals surface area contributed by atoms with Crippen LogP contribution in [0.4, 0.5) is 0 Å². The first-order chi connectivity index (χ1) is 7.71. The smallest absolute Gasteiger partial charge is 0.0585 e. The topological polar surface area (TPSA) is 38.7 Å². The summed E-state index contributed by atoms with van der Waals surface area (Å²) < 4.78 is 0. The molecule has 0 aliphatic carbocycles. The lowest BCUT2D eigenvalue weighted by Gasteiger charge is -2.39. The molecule has 1 fully saturated rings. The summed E-state index contributed by atoms with van der Waals surface area (Å²) in [5.74, 6) is 0. The molecule has 2 N–H and O–H groups in total. The lowest BCUT2D eigenvalue weighted by atomic mass is 10.1. The third-order valence-corrected chi connectivity index (χ3v) is 3.75. The maximum absolute atomic E-state index is 9.11. The molecule has 0 bridgehead atoms. The van der Waals surface area contributed by atoms with Gasteiger partial charge in [0.2, 0.25) is 0 Å². The van der Waals surface area contributed by atoms with Crippen molar-refractivity contribution < 1.29 is 5.11 Å². The van der Waals surface area contributed by atoms with Gasteiger partial charge in [0, 0.05) is 31.7 Å². The molecule has 0 aromatic carbocycles. The molecule has 2 atom stereocenters. The van der Waals surface area contributed by atoms with Crippen molar-refractivity contribution in [3.63, 3.8) is 0 Å². The van der Waals surface area contributed by atoms with Gasteiger partial charge in [-0.1, -0.05) is 6.92 Å². The number of nitrogens with zero attached hydrogens (tertiary/aromatic N) is 2. The summed E-state index contributed by atoms with van der Waals surface area (Å²) in [7, 11) is 4.13. The number of aliphatic hydroxyl groups excluding tert-OH is 1. The van der Waals surface area contributed by atoms with E-state index in [0.717, 1.165) is 19.5 Å². The zero-order valence-corrected chi connectivity index (χ0v) is 10.9. The maximum atomic E-state index is 9.11. The van der Waals surface area contributed by atoms with Crippen LogP contribution in [0.1, 0.15) is 19.8 Å². The van der Waals surface area contributed by atoms with Gasteiger partial charge in [-0.15, -0.1) is 0 Å². The Morgan fingerprint density at radius 2 is 2.19 bits per heavy atom. The molecule has 4 nitrogen and oxygen atoms in total. The van der Waals surface area contributed by atoms with Gasteiger partial charge in [0.1, 0.15) is 0 Å². The van der Waals surface area contributed by atoms with Gasteiger partial charge in [-0.05, 0) is 33.5 Å². The lowest BCUT2D eigenvalue weighted by Crippen LogP contribution is -2.51. The van der Waals surface area contributed by atoms with Gasteiger partial charge in [-0.2, -0.15) is 0 Å². The molecule has 1 aliphatic rings. The lowest BCUT2D eigenvalue weighted by molar-refractivity contribution is 0.0879. The van der Waals surface area contributed by atoms with Crippen LogP contribution in [0.3, 0.4) is 0 Å². The van der Waals surface area contributed by atoms with Gasteiger partial charge in [-0.3, -0.25) is 0 Å². The summed E-state index contributed by atoms with van der Waals surface area (Å²) in [6.45, 7) is 7.10. The van der Waals surface area contributed by atoms with E-state index in [1.165, 1.54) is 19.5 Å². The van der Waals surface area contributed by atoms with Crippen LogP contribution in [0.15, 0.2) is 0 Å². The third-order valence-electron chi connectivity index (χ3n) is 3.75. The average molecular weight is 229 g/mol. The minimum atomic E-state index is 0.238. The first-order valence-corrected chi connectivity index (χ1v) is 6.42. The molecule has 1 aliphatic heterocycles. The molecule has 96 valence electrons. The SMILES string of the molecule is CCC1CN(CCC(CO)NC)CCN1C. The van der Waals surface area contributed by atoms with Crippen molar-refractivity contribution in [2.45, 2.75) is 31.8 Å². The molecular weight excluding hydrogens is 202 g/mol. The van der Waals surface area contributed by atoms with Gasteiger partial charge in [-0.25, -0.2) is 0 Å². The monoisotopic (exact) mass is 229 g/mol. The third kappa shape index (κ3) is 4.01. The van der Waals surface area contributed by atoms with Crippen molar-refractivity contribution in [1.29, 1.82) is 0 Å². The van der Waals surface area contributed by atoms with Crippen LogP contribution >= 0.6 is 0 Å². The fraction of sp³-hybridized carbons (Fsp3) is 1.00. The van der Waals surface area contributed by atoms with Gasteiger partial charge < -0.3 is 20.2 Å². The van der Waals surface area contributed by atoms with E-state index in [1.807, 2.05) is 7.05 Å². The van der Waals surface area contributed by atoms with E-state index in [2.05, 4.69) is 29.1 Å². The molecule has 0 amide bonds. The summed E-state index contributed by atoms with van der Waals surface area (Å²) in [6, 6.07) is 0.954. The second-order valence-electron chi connectivity index (χ2n) is 4.80. The number of aliphatic hydroxyl groups is 1. The van der Waals surface area contributed by atoms with Crippen molar-refractivity contribution in [3.05, 3.63) is 0 Å². The highest BCUT2D eigenvalue weighted by atomic mass is 16.3. The summed E-state index contributed by atoms with van der Waals surface area (Å²) in [4.78, 5) is 4.98. The highest BCUT2D eigenvalue weighted by Crippen LogP contribution is 2.11. The van der Waals surface area contributed by atoms with Crippen LogP contribution in [-0.2, 0) is 0 Å². The molecule has 1 heterocycles. The molecule has 1 saturated heterocycles. The molecular formula is C12H27N3O. The van der Waals surface area contributed by atoms with Crippen molar-refractivity contribution in [1.82, 2.24) is 15.1 Å². The van der Waals surface area contributed by atoms with Gasteiger partial charge in [0.05, 0.1) is 6.61 Å². The number of hydrogen-bond acceptors (Lipinski definition) is 4. The minimum Gasteiger partial charge on any atom is -0.395 e. The fourth-order valence-corrected chi connectivity index (χ4v) is 2.32. The highest BCUT2D eigenvalue weighted by molar-refractivity contribution is 4.79. The number of hydrogen-bond donors (Lipinski definition) is 2. The average Bonchev–Trinajstić information content (AvgIpc) is 2.32. The largest absolute Gasteiger partial charge is 0.395 e. The van der Waals surface area contributed by atoms with Crippen LogP contribution in [0.5, 0.6) is 0 Å². The fourth-order valence-electron chi connectivity index (χ4n) is 2.32. The van der Waals surface area contributed by atoms with Crippen LogP contribution in [0.25, 0.3) is 0 Å². The first kappa shape index (κ1) is 13.9. The van der Waals surface area contributed by atoms with Crippen LogP contribution in [0, 0.1) is 0 Å². The Hall–Kier alpha value is -0.160. The summed E-state index contributed by atoms with van der Waals surface area (Å²) >= 11 is 0. The maximum Gasteiger partial charge on any atom is 0.0585 e. The molecule has 0 saturated carbocycles. The number of piperazine rings is 1. The van der Waals surface area contributed by atoms with E-state index in [-0.39, 0.29) is 12.6 Å². The molecule has 0 aromatic rings. The van der Waals surface area contributed by atoms with Gasteiger partial charge in [0.25, 0.3) is 0 Å². The van der Waals surface area contributed by atoms with E-state index in [0.29, 0.717) is 6.04 Å². The van der Waals surface area contributed by atoms with Crippen molar-refractivity contribution in [2.24, 2.45) is 0 Å². The Morgan fingerprint density at radius 1 is 1.44 bits per heavy atom. The van der Waals surface area contributed by atoms with Gasteiger partial charge in [0.15, 0.2) is 0 Å². The van der Waals surface area contributed by atoms with Crippen LogP contribution < -0.4 is 5.32 Å². The van der Waals surface area contributed by atoms with Crippen LogP contribution in [0.2, 0.25) is 0 Å². The molecule has 16 heavy (non-hydrogen) atoms. The predicted molar refractivity (Wildman–Crippen MR) is 67.7 cm³/mol. The summed E-state index contributed by atoms with van der Waals surface area (Å²) in [5.41, 5.74) is 0. The van der Waals surface area contributed by atoms with Crippen LogP contribution in [-0.4, -0.2) is 73.9 Å². The molecule has 0 aromatic heterocycles. The van der Waals surface area contributed by atoms with E-state index in [9.17, 15) is 0 Å². The van der Waals surface area contributed by atoms with Crippen molar-refractivity contribution in [3.8, 4) is 0 Å². The van der Waals surface area contributed by atoms with Crippen molar-refractivity contribution in [2.75, 3.05) is 46.9 Å². The van der Waals surface area contributed by atoms with Gasteiger partial charge >= 0.3 is 0 Å². The second kappa shape index (κ2) is 7.22. The Bertz CT molecular complexity index is 185. The van der Waals surface area contributed by atoms with E-state index in [1.54, 1.807) is 0 Å². The molecule has 4 heteroatoms. The Morgan fingerprint density at radius 3 is 2.75 bits per heavy atom.